The van der Waals surface area contributed by atoms with Gasteiger partial charge in [-0.05, 0) is 12.8 Å². The fraction of sp³-hybridized carbons (Fsp3) is 0.333. The molecule has 0 aliphatic heterocycles. The molecule has 0 unspecified atom stereocenters. The molecule has 0 amide bonds. The first-order valence-corrected chi connectivity index (χ1v) is 4.83. The molecule has 0 aliphatic rings. The van der Waals surface area contributed by atoms with Crippen molar-refractivity contribution in [1.29, 1.82) is 0 Å². The first-order chi connectivity index (χ1) is 7.60. The lowest BCUT2D eigenvalue weighted by molar-refractivity contribution is -0.139. The lowest BCUT2D eigenvalue weighted by atomic mass is 10.2. The van der Waals surface area contributed by atoms with E-state index < -0.39 is 11.9 Å². The van der Waals surface area contributed by atoms with E-state index in [9.17, 15) is 9.59 Å². The number of allylic oxidation sites excluding steroid dienone is 2. The van der Waals surface area contributed by atoms with Gasteiger partial charge in [0.1, 0.15) is 0 Å². The van der Waals surface area contributed by atoms with Gasteiger partial charge in [-0.15, -0.1) is 0 Å². The summed E-state index contributed by atoms with van der Waals surface area (Å²) in [6, 6.07) is 0. The molecule has 0 aromatic heterocycles. The van der Waals surface area contributed by atoms with Crippen molar-refractivity contribution in [2.45, 2.75) is 12.8 Å². The highest BCUT2D eigenvalue weighted by atomic mass is 16.5. The Bertz CT molecular complexity index is 302. The second kappa shape index (κ2) is 8.47. The Morgan fingerprint density at radius 3 is 2.44 bits per heavy atom. The molecule has 0 rings (SSSR count). The van der Waals surface area contributed by atoms with Gasteiger partial charge in [0.2, 0.25) is 0 Å². The maximum Gasteiger partial charge on any atom is 0.331 e. The van der Waals surface area contributed by atoms with Crippen molar-refractivity contribution in [2.24, 2.45) is 0 Å². The molecule has 4 heteroatoms. The molecule has 0 saturated carbocycles. The van der Waals surface area contributed by atoms with E-state index in [1.54, 1.807) is 6.08 Å². The Kier molecular flexibility index (Phi) is 7.49. The van der Waals surface area contributed by atoms with Crippen LogP contribution in [0.15, 0.2) is 37.0 Å². The molecular formula is C12H16O4. The predicted octanol–water partition coefficient (Wildman–Crippen LogP) is 1.78. The van der Waals surface area contributed by atoms with Gasteiger partial charge in [0.25, 0.3) is 0 Å². The third kappa shape index (κ3) is 7.55. The van der Waals surface area contributed by atoms with Gasteiger partial charge in [0, 0.05) is 12.2 Å². The lowest BCUT2D eigenvalue weighted by Gasteiger charge is -2.01. The zero-order valence-electron chi connectivity index (χ0n) is 9.40. The summed E-state index contributed by atoms with van der Waals surface area (Å²) < 4.78 is 9.14. The molecule has 88 valence electrons. The van der Waals surface area contributed by atoms with E-state index in [0.717, 1.165) is 24.1 Å². The van der Waals surface area contributed by atoms with Crippen LogP contribution in [0.3, 0.4) is 0 Å². The van der Waals surface area contributed by atoms with E-state index in [2.05, 4.69) is 17.9 Å². The van der Waals surface area contributed by atoms with Gasteiger partial charge in [-0.2, -0.15) is 0 Å². The maximum atomic E-state index is 11.0. The van der Waals surface area contributed by atoms with E-state index in [-0.39, 0.29) is 6.61 Å². The molecule has 4 nitrogen and oxygen atoms in total. The van der Waals surface area contributed by atoms with E-state index in [0.29, 0.717) is 6.42 Å². The highest BCUT2D eigenvalue weighted by Gasteiger charge is 1.99. The van der Waals surface area contributed by atoms with Gasteiger partial charge < -0.3 is 9.47 Å². The van der Waals surface area contributed by atoms with E-state index >= 15 is 0 Å². The van der Waals surface area contributed by atoms with Gasteiger partial charge in [-0.25, -0.2) is 9.59 Å². The monoisotopic (exact) mass is 224 g/mol. The average Bonchev–Trinajstić information content (AvgIpc) is 2.31. The van der Waals surface area contributed by atoms with Crippen LogP contribution in [0.25, 0.3) is 0 Å². The van der Waals surface area contributed by atoms with Gasteiger partial charge in [0.15, 0.2) is 0 Å². The first kappa shape index (κ1) is 14.2. The van der Waals surface area contributed by atoms with E-state index in [1.807, 2.05) is 0 Å². The average molecular weight is 224 g/mol. The second-order valence-corrected chi connectivity index (χ2v) is 2.99. The number of hydrogen-bond donors (Lipinski definition) is 0. The third-order valence-electron chi connectivity index (χ3n) is 1.73. The number of esters is 2. The summed E-state index contributed by atoms with van der Waals surface area (Å²) in [6.07, 6.45) is 5.14. The van der Waals surface area contributed by atoms with Crippen LogP contribution in [0, 0.1) is 0 Å². The number of carbonyl (C=O) groups is 2. The van der Waals surface area contributed by atoms with Crippen molar-refractivity contribution in [3.63, 3.8) is 0 Å². The molecule has 0 fully saturated rings. The van der Waals surface area contributed by atoms with Crippen LogP contribution in [0.5, 0.6) is 0 Å². The quantitative estimate of drug-likeness (QED) is 0.286. The number of hydrogen-bond acceptors (Lipinski definition) is 4. The van der Waals surface area contributed by atoms with E-state index in [4.69, 9.17) is 4.74 Å². The predicted molar refractivity (Wildman–Crippen MR) is 60.7 cm³/mol. The van der Waals surface area contributed by atoms with Crippen LogP contribution in [-0.2, 0) is 19.1 Å². The van der Waals surface area contributed by atoms with Crippen molar-refractivity contribution in [3.05, 3.63) is 37.0 Å². The van der Waals surface area contributed by atoms with Crippen LogP contribution in [0.2, 0.25) is 0 Å². The number of ether oxygens (including phenoxy) is 2. The van der Waals surface area contributed by atoms with Gasteiger partial charge in [-0.1, -0.05) is 24.8 Å². The fourth-order valence-corrected chi connectivity index (χ4v) is 0.826. The molecule has 0 saturated heterocycles. The normalized spacial score (nSPS) is 9.81. The van der Waals surface area contributed by atoms with Gasteiger partial charge >= 0.3 is 11.9 Å². The highest BCUT2D eigenvalue weighted by molar-refractivity contribution is 5.91. The van der Waals surface area contributed by atoms with Gasteiger partial charge in [-0.3, -0.25) is 0 Å². The minimum absolute atomic E-state index is 0.289. The molecule has 0 N–H and O–H groups in total. The molecule has 0 heterocycles. The summed E-state index contributed by atoms with van der Waals surface area (Å²) in [5.74, 6) is -1.15. The Morgan fingerprint density at radius 1 is 1.25 bits per heavy atom. The minimum Gasteiger partial charge on any atom is -0.466 e. The first-order valence-electron chi connectivity index (χ1n) is 4.83. The fourth-order valence-electron chi connectivity index (χ4n) is 0.826. The van der Waals surface area contributed by atoms with Crippen molar-refractivity contribution in [1.82, 2.24) is 0 Å². The summed E-state index contributed by atoms with van der Waals surface area (Å²) in [6.45, 7) is 7.58. The molecular weight excluding hydrogens is 208 g/mol. The van der Waals surface area contributed by atoms with Crippen LogP contribution >= 0.6 is 0 Å². The van der Waals surface area contributed by atoms with Crippen molar-refractivity contribution in [3.8, 4) is 0 Å². The number of rotatable bonds is 7. The Labute approximate surface area is 95.2 Å². The molecule has 0 atom stereocenters. The lowest BCUT2D eigenvalue weighted by Crippen LogP contribution is -2.04. The largest absolute Gasteiger partial charge is 0.466 e. The zero-order valence-corrected chi connectivity index (χ0v) is 9.40. The van der Waals surface area contributed by atoms with Gasteiger partial charge in [0.05, 0.1) is 13.7 Å². The topological polar surface area (TPSA) is 52.6 Å². The molecule has 0 aliphatic carbocycles. The molecule has 16 heavy (non-hydrogen) atoms. The van der Waals surface area contributed by atoms with Crippen molar-refractivity contribution < 1.29 is 19.1 Å². The molecule has 0 bridgehead atoms. The summed E-state index contributed by atoms with van der Waals surface area (Å²) >= 11 is 0. The van der Waals surface area contributed by atoms with E-state index in [1.165, 1.54) is 7.11 Å². The smallest absolute Gasteiger partial charge is 0.331 e. The summed E-state index contributed by atoms with van der Waals surface area (Å²) in [5.41, 5.74) is 0.904. The standard InChI is InChI=1S/C12H16O4/c1-4-10(2)6-5-9-16-12(14)8-7-11(13)15-3/h4,7-8H,1-2,5-6,9H2,3H3/b8-7+. The maximum absolute atomic E-state index is 11.0. The summed E-state index contributed by atoms with van der Waals surface area (Å²) in [7, 11) is 1.24. The number of carbonyl (C=O) groups excluding carboxylic acids is 2. The van der Waals surface area contributed by atoms with Crippen molar-refractivity contribution in [2.75, 3.05) is 13.7 Å². The Morgan fingerprint density at radius 2 is 1.88 bits per heavy atom. The Hall–Kier alpha value is -1.84. The second-order valence-electron chi connectivity index (χ2n) is 2.99. The SMILES string of the molecule is C=CC(=C)CCCOC(=O)/C=C/C(=O)OC. The van der Waals surface area contributed by atoms with Crippen LogP contribution < -0.4 is 0 Å². The van der Waals surface area contributed by atoms with Crippen molar-refractivity contribution >= 4 is 11.9 Å². The molecule has 0 spiro atoms. The summed E-state index contributed by atoms with van der Waals surface area (Å²) in [4.78, 5) is 21.7. The molecule has 0 aromatic rings. The third-order valence-corrected chi connectivity index (χ3v) is 1.73. The van der Waals surface area contributed by atoms with Crippen LogP contribution in [-0.4, -0.2) is 25.7 Å². The molecule has 0 radical (unpaired) electrons. The molecule has 0 aromatic carbocycles. The number of methoxy groups -OCH3 is 1. The van der Waals surface area contributed by atoms with Crippen LogP contribution in [0.1, 0.15) is 12.8 Å². The zero-order chi connectivity index (χ0) is 12.4. The Balaban J connectivity index is 3.66. The summed E-state index contributed by atoms with van der Waals surface area (Å²) in [5, 5.41) is 0. The highest BCUT2D eigenvalue weighted by Crippen LogP contribution is 2.02. The van der Waals surface area contributed by atoms with Crippen LogP contribution in [0.4, 0.5) is 0 Å². The minimum atomic E-state index is -0.586.